The second kappa shape index (κ2) is 9.16. The third kappa shape index (κ3) is 5.98. The maximum Gasteiger partial charge on any atom is 0.313 e. The molecule has 0 aliphatic rings. The van der Waals surface area contributed by atoms with Crippen LogP contribution >= 0.6 is 0 Å². The maximum absolute atomic E-state index is 12.1. The summed E-state index contributed by atoms with van der Waals surface area (Å²) in [5.41, 5.74) is 1.17. The molecule has 21 heavy (non-hydrogen) atoms. The molecule has 0 saturated carbocycles. The second-order valence-electron chi connectivity index (χ2n) is 5.09. The number of methoxy groups -OCH3 is 2. The lowest BCUT2D eigenvalue weighted by Crippen LogP contribution is -2.19. The Hall–Kier alpha value is -1.84. The quantitative estimate of drug-likeness (QED) is 0.518. The summed E-state index contributed by atoms with van der Waals surface area (Å²) in [6, 6.07) is 7.85. The Labute approximate surface area is 126 Å². The number of ketones is 1. The van der Waals surface area contributed by atoms with Gasteiger partial charge >= 0.3 is 5.97 Å². The van der Waals surface area contributed by atoms with Crippen molar-refractivity contribution in [3.8, 4) is 5.75 Å². The van der Waals surface area contributed by atoms with E-state index in [9.17, 15) is 9.59 Å². The molecule has 0 N–H and O–H groups in total. The third-order valence-electron chi connectivity index (χ3n) is 3.58. The highest BCUT2D eigenvalue weighted by atomic mass is 16.5. The van der Waals surface area contributed by atoms with E-state index in [2.05, 4.69) is 4.74 Å². The smallest absolute Gasteiger partial charge is 0.313 e. The van der Waals surface area contributed by atoms with Gasteiger partial charge in [0.15, 0.2) is 0 Å². The van der Waals surface area contributed by atoms with E-state index in [1.54, 1.807) is 7.11 Å². The molecule has 0 aliphatic carbocycles. The van der Waals surface area contributed by atoms with Crippen LogP contribution < -0.4 is 4.74 Å². The van der Waals surface area contributed by atoms with E-state index in [0.717, 1.165) is 31.4 Å². The minimum absolute atomic E-state index is 0.0165. The van der Waals surface area contributed by atoms with Gasteiger partial charge in [-0.05, 0) is 37.0 Å². The van der Waals surface area contributed by atoms with E-state index in [1.165, 1.54) is 12.7 Å². The van der Waals surface area contributed by atoms with Crippen molar-refractivity contribution in [2.24, 2.45) is 5.92 Å². The van der Waals surface area contributed by atoms with Gasteiger partial charge in [-0.1, -0.05) is 25.5 Å². The SMILES string of the molecule is CCCC(CCc1ccc(OC)cc1)C(=O)CC(=O)OC. The zero-order valence-corrected chi connectivity index (χ0v) is 13.1. The van der Waals surface area contributed by atoms with Crippen molar-refractivity contribution in [3.63, 3.8) is 0 Å². The van der Waals surface area contributed by atoms with Crippen molar-refractivity contribution in [3.05, 3.63) is 29.8 Å². The highest BCUT2D eigenvalue weighted by Crippen LogP contribution is 2.19. The summed E-state index contributed by atoms with van der Waals surface area (Å²) in [6.07, 6.45) is 3.20. The normalized spacial score (nSPS) is 11.8. The average molecular weight is 292 g/mol. The molecule has 4 nitrogen and oxygen atoms in total. The average Bonchev–Trinajstić information content (AvgIpc) is 2.51. The molecule has 0 fully saturated rings. The van der Waals surface area contributed by atoms with E-state index < -0.39 is 5.97 Å². The number of esters is 1. The number of hydrogen-bond acceptors (Lipinski definition) is 4. The molecule has 1 unspecified atom stereocenters. The van der Waals surface area contributed by atoms with Gasteiger partial charge in [-0.15, -0.1) is 0 Å². The summed E-state index contributed by atoms with van der Waals surface area (Å²) < 4.78 is 9.69. The summed E-state index contributed by atoms with van der Waals surface area (Å²) in [5, 5.41) is 0. The van der Waals surface area contributed by atoms with Gasteiger partial charge in [-0.3, -0.25) is 9.59 Å². The van der Waals surface area contributed by atoms with Crippen LogP contribution in [0.1, 0.15) is 38.2 Å². The van der Waals surface area contributed by atoms with Crippen LogP contribution in [0.5, 0.6) is 5.75 Å². The highest BCUT2D eigenvalue weighted by Gasteiger charge is 2.20. The standard InChI is InChI=1S/C17H24O4/c1-4-5-14(16(18)12-17(19)21-3)9-6-13-7-10-15(20-2)11-8-13/h7-8,10-11,14H,4-6,9,12H2,1-3H3. The molecular formula is C17H24O4. The third-order valence-corrected chi connectivity index (χ3v) is 3.58. The van der Waals surface area contributed by atoms with Crippen LogP contribution in [0, 0.1) is 5.92 Å². The van der Waals surface area contributed by atoms with Crippen LogP contribution in [0.3, 0.4) is 0 Å². The number of carbonyl (C=O) groups excluding carboxylic acids is 2. The molecule has 1 rings (SSSR count). The molecule has 1 atom stereocenters. The zero-order valence-electron chi connectivity index (χ0n) is 13.1. The Morgan fingerprint density at radius 1 is 1.10 bits per heavy atom. The number of Topliss-reactive ketones (excluding diaryl/α,β-unsaturated/α-hetero) is 1. The molecule has 0 amide bonds. The second-order valence-corrected chi connectivity index (χ2v) is 5.09. The summed E-state index contributed by atoms with van der Waals surface area (Å²) in [6.45, 7) is 2.05. The predicted octanol–water partition coefficient (Wildman–Crippen LogP) is 3.18. The summed E-state index contributed by atoms with van der Waals surface area (Å²) in [7, 11) is 2.94. The number of carbonyl (C=O) groups is 2. The van der Waals surface area contributed by atoms with Gasteiger partial charge in [0.25, 0.3) is 0 Å². The number of ether oxygens (including phenoxy) is 2. The van der Waals surface area contributed by atoms with Crippen LogP contribution in [-0.2, 0) is 20.7 Å². The molecule has 4 heteroatoms. The van der Waals surface area contributed by atoms with Gasteiger partial charge in [0.1, 0.15) is 18.0 Å². The number of hydrogen-bond donors (Lipinski definition) is 0. The van der Waals surface area contributed by atoms with Crippen molar-refractivity contribution in [1.29, 1.82) is 0 Å². The molecule has 0 heterocycles. The molecule has 1 aromatic rings. The lowest BCUT2D eigenvalue weighted by Gasteiger charge is -2.14. The van der Waals surface area contributed by atoms with Gasteiger partial charge in [0, 0.05) is 5.92 Å². The first-order chi connectivity index (χ1) is 10.1. The molecule has 0 saturated heterocycles. The fraction of sp³-hybridized carbons (Fsp3) is 0.529. The van der Waals surface area contributed by atoms with E-state index in [1.807, 2.05) is 31.2 Å². The van der Waals surface area contributed by atoms with Crippen molar-refractivity contribution < 1.29 is 19.1 Å². The fourth-order valence-electron chi connectivity index (χ4n) is 2.31. The topological polar surface area (TPSA) is 52.6 Å². The van der Waals surface area contributed by atoms with Crippen LogP contribution in [0.15, 0.2) is 24.3 Å². The zero-order chi connectivity index (χ0) is 15.7. The first-order valence-electron chi connectivity index (χ1n) is 7.33. The van der Waals surface area contributed by atoms with Crippen molar-refractivity contribution in [1.82, 2.24) is 0 Å². The first-order valence-corrected chi connectivity index (χ1v) is 7.33. The summed E-state index contributed by atoms with van der Waals surface area (Å²) >= 11 is 0. The van der Waals surface area contributed by atoms with Crippen LogP contribution in [0.25, 0.3) is 0 Å². The monoisotopic (exact) mass is 292 g/mol. The van der Waals surface area contributed by atoms with Gasteiger partial charge in [-0.2, -0.15) is 0 Å². The van der Waals surface area contributed by atoms with Crippen molar-refractivity contribution in [2.45, 2.75) is 39.0 Å². The Morgan fingerprint density at radius 2 is 1.76 bits per heavy atom. The van der Waals surface area contributed by atoms with Gasteiger partial charge < -0.3 is 9.47 Å². The van der Waals surface area contributed by atoms with E-state index in [-0.39, 0.29) is 18.1 Å². The van der Waals surface area contributed by atoms with Crippen LogP contribution in [0.4, 0.5) is 0 Å². The molecule has 1 aromatic carbocycles. The number of benzene rings is 1. The molecule has 0 spiro atoms. The maximum atomic E-state index is 12.1. The van der Waals surface area contributed by atoms with Gasteiger partial charge in [0.05, 0.1) is 14.2 Å². The molecule has 0 aliphatic heterocycles. The van der Waals surface area contributed by atoms with Crippen molar-refractivity contribution in [2.75, 3.05) is 14.2 Å². The van der Waals surface area contributed by atoms with Crippen LogP contribution in [0.2, 0.25) is 0 Å². The number of aryl methyl sites for hydroxylation is 1. The Balaban J connectivity index is 2.56. The Bertz CT molecular complexity index is 450. The van der Waals surface area contributed by atoms with Gasteiger partial charge in [-0.25, -0.2) is 0 Å². The lowest BCUT2D eigenvalue weighted by molar-refractivity contribution is -0.144. The van der Waals surface area contributed by atoms with E-state index >= 15 is 0 Å². The van der Waals surface area contributed by atoms with Crippen molar-refractivity contribution >= 4 is 11.8 Å². The lowest BCUT2D eigenvalue weighted by atomic mass is 9.90. The highest BCUT2D eigenvalue weighted by molar-refractivity contribution is 5.96. The fourth-order valence-corrected chi connectivity index (χ4v) is 2.31. The summed E-state index contributed by atoms with van der Waals surface area (Å²) in [5.74, 6) is 0.282. The van der Waals surface area contributed by atoms with E-state index in [4.69, 9.17) is 4.74 Å². The molecular weight excluding hydrogens is 268 g/mol. The first kappa shape index (κ1) is 17.2. The van der Waals surface area contributed by atoms with Crippen LogP contribution in [-0.4, -0.2) is 26.0 Å². The minimum Gasteiger partial charge on any atom is -0.497 e. The summed E-state index contributed by atoms with van der Waals surface area (Å²) in [4.78, 5) is 23.3. The largest absolute Gasteiger partial charge is 0.497 e. The predicted molar refractivity (Wildman–Crippen MR) is 81.4 cm³/mol. The molecule has 0 aromatic heterocycles. The molecule has 116 valence electrons. The molecule has 0 radical (unpaired) electrons. The van der Waals surface area contributed by atoms with Gasteiger partial charge in [0.2, 0.25) is 0 Å². The number of rotatable bonds is 9. The minimum atomic E-state index is -0.453. The Morgan fingerprint density at radius 3 is 2.29 bits per heavy atom. The Kier molecular flexibility index (Phi) is 7.51. The van der Waals surface area contributed by atoms with E-state index in [0.29, 0.717) is 0 Å². The molecule has 0 bridgehead atoms.